The summed E-state index contributed by atoms with van der Waals surface area (Å²) in [6, 6.07) is 6.81. The molecule has 7 nitrogen and oxygen atoms in total. The third-order valence-corrected chi connectivity index (χ3v) is 2.92. The van der Waals surface area contributed by atoms with Gasteiger partial charge in [-0.15, -0.1) is 0 Å². The van der Waals surface area contributed by atoms with Crippen molar-refractivity contribution in [2.24, 2.45) is 7.05 Å². The zero-order valence-electron chi connectivity index (χ0n) is 11.7. The Morgan fingerprint density at radius 1 is 1.29 bits per heavy atom. The number of rotatable bonds is 4. The molecule has 0 saturated carbocycles. The third kappa shape index (κ3) is 3.59. The Morgan fingerprint density at radius 3 is 2.48 bits per heavy atom. The van der Waals surface area contributed by atoms with Crippen molar-refractivity contribution in [1.29, 1.82) is 0 Å². The number of nitrogens with one attached hydrogen (secondary N) is 2. The number of carboxylic acid groups (broad SMARTS) is 1. The summed E-state index contributed by atoms with van der Waals surface area (Å²) in [7, 11) is 1.74. The molecule has 1 heterocycles. The quantitative estimate of drug-likeness (QED) is 0.797. The fraction of sp³-hybridized carbons (Fsp3) is 0.214. The molecule has 0 fully saturated rings. The molecule has 0 spiro atoms. The molecule has 2 aromatic rings. The summed E-state index contributed by atoms with van der Waals surface area (Å²) in [4.78, 5) is 23.2. The average molecular weight is 288 g/mol. The molecule has 1 aromatic carbocycles. The number of carbonyl (C=O) groups is 2. The predicted molar refractivity (Wildman–Crippen MR) is 76.9 cm³/mol. The maximum Gasteiger partial charge on any atom is 0.330 e. The number of aryl methyl sites for hydroxylation is 2. The van der Waals surface area contributed by atoms with Crippen LogP contribution in [-0.2, 0) is 11.8 Å². The van der Waals surface area contributed by atoms with E-state index in [0.29, 0.717) is 16.9 Å². The number of carbonyl (C=O) groups excluding carboxylic acids is 1. The predicted octanol–water partition coefficient (Wildman–Crippen LogP) is 1.68. The minimum Gasteiger partial charge on any atom is -0.479 e. The first-order valence-corrected chi connectivity index (χ1v) is 6.33. The summed E-state index contributed by atoms with van der Waals surface area (Å²) >= 11 is 0. The second-order valence-corrected chi connectivity index (χ2v) is 4.58. The number of carboxylic acids is 1. The summed E-state index contributed by atoms with van der Waals surface area (Å²) in [6.07, 6.45) is 1.65. The van der Waals surface area contributed by atoms with Gasteiger partial charge in [-0.25, -0.2) is 9.59 Å². The molecule has 1 aromatic heterocycles. The van der Waals surface area contributed by atoms with Crippen LogP contribution in [0.5, 0.6) is 0 Å². The highest BCUT2D eigenvalue weighted by atomic mass is 16.4. The Kier molecular flexibility index (Phi) is 4.22. The smallest absolute Gasteiger partial charge is 0.330 e. The van der Waals surface area contributed by atoms with Gasteiger partial charge >= 0.3 is 12.0 Å². The maximum atomic E-state index is 11.9. The van der Waals surface area contributed by atoms with E-state index in [-0.39, 0.29) is 0 Å². The lowest BCUT2D eigenvalue weighted by Crippen LogP contribution is -2.36. The Morgan fingerprint density at radius 2 is 1.95 bits per heavy atom. The van der Waals surface area contributed by atoms with Gasteiger partial charge in [0.25, 0.3) is 0 Å². The number of anilines is 1. The van der Waals surface area contributed by atoms with Crippen molar-refractivity contribution < 1.29 is 14.7 Å². The van der Waals surface area contributed by atoms with Crippen LogP contribution in [0.15, 0.2) is 36.5 Å². The van der Waals surface area contributed by atoms with Crippen LogP contribution >= 0.6 is 0 Å². The third-order valence-electron chi connectivity index (χ3n) is 2.92. The van der Waals surface area contributed by atoms with Crippen LogP contribution in [0.4, 0.5) is 10.5 Å². The molecule has 2 amide bonds. The number of benzene rings is 1. The van der Waals surface area contributed by atoms with E-state index < -0.39 is 18.0 Å². The van der Waals surface area contributed by atoms with Crippen molar-refractivity contribution in [2.45, 2.75) is 13.0 Å². The molecular formula is C14H16N4O3. The summed E-state index contributed by atoms with van der Waals surface area (Å²) in [6.45, 7) is 1.75. The van der Waals surface area contributed by atoms with Crippen molar-refractivity contribution in [3.8, 4) is 0 Å². The summed E-state index contributed by atoms with van der Waals surface area (Å²) in [5.74, 6) is -1.13. The van der Waals surface area contributed by atoms with E-state index in [1.54, 1.807) is 55.2 Å². The second kappa shape index (κ2) is 6.08. The van der Waals surface area contributed by atoms with Gasteiger partial charge in [0.15, 0.2) is 6.04 Å². The number of aliphatic carboxylic acids is 1. The number of hydrogen-bond acceptors (Lipinski definition) is 3. The van der Waals surface area contributed by atoms with Gasteiger partial charge in [-0.2, -0.15) is 5.10 Å². The Bertz CT molecular complexity index is 651. The first-order valence-electron chi connectivity index (χ1n) is 6.33. The molecule has 0 aliphatic carbocycles. The van der Waals surface area contributed by atoms with Gasteiger partial charge in [0.1, 0.15) is 0 Å². The zero-order valence-corrected chi connectivity index (χ0v) is 11.7. The minimum atomic E-state index is -1.13. The Balaban J connectivity index is 2.09. The highest BCUT2D eigenvalue weighted by Gasteiger charge is 2.22. The Hall–Kier alpha value is -2.83. The van der Waals surface area contributed by atoms with Crippen LogP contribution in [0.1, 0.15) is 17.3 Å². The molecule has 0 radical (unpaired) electrons. The molecule has 2 rings (SSSR count). The van der Waals surface area contributed by atoms with E-state index in [1.165, 1.54) is 0 Å². The molecule has 110 valence electrons. The lowest BCUT2D eigenvalue weighted by molar-refractivity contribution is -0.139. The minimum absolute atomic E-state index is 0.503. The van der Waals surface area contributed by atoms with Gasteiger partial charge < -0.3 is 15.7 Å². The van der Waals surface area contributed by atoms with Crippen LogP contribution in [0.3, 0.4) is 0 Å². The van der Waals surface area contributed by atoms with Crippen molar-refractivity contribution >= 4 is 17.7 Å². The second-order valence-electron chi connectivity index (χ2n) is 4.58. The van der Waals surface area contributed by atoms with Gasteiger partial charge in [0, 0.05) is 13.2 Å². The van der Waals surface area contributed by atoms with E-state index in [1.807, 2.05) is 0 Å². The first-order chi connectivity index (χ1) is 9.97. The molecule has 0 saturated heterocycles. The molecule has 7 heteroatoms. The highest BCUT2D eigenvalue weighted by Crippen LogP contribution is 2.14. The molecule has 0 bridgehead atoms. The van der Waals surface area contributed by atoms with Crippen LogP contribution in [0, 0.1) is 6.92 Å². The molecule has 0 aliphatic rings. The molecular weight excluding hydrogens is 272 g/mol. The van der Waals surface area contributed by atoms with Crippen molar-refractivity contribution in [3.05, 3.63) is 47.8 Å². The van der Waals surface area contributed by atoms with Gasteiger partial charge in [0.2, 0.25) is 0 Å². The van der Waals surface area contributed by atoms with Gasteiger partial charge in [-0.3, -0.25) is 4.68 Å². The largest absolute Gasteiger partial charge is 0.479 e. The summed E-state index contributed by atoms with van der Waals surface area (Å²) in [5.41, 5.74) is 1.69. The topological polar surface area (TPSA) is 96.3 Å². The monoisotopic (exact) mass is 288 g/mol. The van der Waals surface area contributed by atoms with Gasteiger partial charge in [-0.1, -0.05) is 30.3 Å². The number of amides is 2. The lowest BCUT2D eigenvalue weighted by Gasteiger charge is -2.15. The standard InChI is InChI=1S/C14H16N4O3/c1-9-11(8-18(2)17-9)15-14(21)16-12(13(19)20)10-6-4-3-5-7-10/h3-8,12H,1-2H3,(H,19,20)(H2,15,16,21)/t12-/m1/s1. The van der Waals surface area contributed by atoms with E-state index in [2.05, 4.69) is 15.7 Å². The normalized spacial score (nSPS) is 11.7. The lowest BCUT2D eigenvalue weighted by atomic mass is 10.1. The zero-order chi connectivity index (χ0) is 15.4. The number of aromatic nitrogens is 2. The van der Waals surface area contributed by atoms with Crippen molar-refractivity contribution in [1.82, 2.24) is 15.1 Å². The number of urea groups is 1. The molecule has 0 unspecified atom stereocenters. The first kappa shape index (κ1) is 14.6. The summed E-state index contributed by atoms with van der Waals surface area (Å²) in [5, 5.41) is 18.4. The average Bonchev–Trinajstić information content (AvgIpc) is 2.75. The fourth-order valence-corrected chi connectivity index (χ4v) is 1.94. The van der Waals surface area contributed by atoms with Gasteiger partial charge in [-0.05, 0) is 12.5 Å². The van der Waals surface area contributed by atoms with Crippen LogP contribution < -0.4 is 10.6 Å². The number of hydrogen-bond donors (Lipinski definition) is 3. The van der Waals surface area contributed by atoms with Crippen molar-refractivity contribution in [2.75, 3.05) is 5.32 Å². The van der Waals surface area contributed by atoms with Gasteiger partial charge in [0.05, 0.1) is 11.4 Å². The Labute approximate surface area is 121 Å². The molecule has 1 atom stereocenters. The highest BCUT2D eigenvalue weighted by molar-refractivity contribution is 5.92. The van der Waals surface area contributed by atoms with Crippen LogP contribution in [0.25, 0.3) is 0 Å². The van der Waals surface area contributed by atoms with E-state index in [4.69, 9.17) is 0 Å². The maximum absolute atomic E-state index is 11.9. The molecule has 3 N–H and O–H groups in total. The van der Waals surface area contributed by atoms with Crippen molar-refractivity contribution in [3.63, 3.8) is 0 Å². The summed E-state index contributed by atoms with van der Waals surface area (Å²) < 4.78 is 1.57. The SMILES string of the molecule is Cc1nn(C)cc1NC(=O)N[C@@H](C(=O)O)c1ccccc1. The van der Waals surface area contributed by atoms with E-state index in [0.717, 1.165) is 0 Å². The molecule has 0 aliphatic heterocycles. The van der Waals surface area contributed by atoms with E-state index >= 15 is 0 Å². The van der Waals surface area contributed by atoms with Crippen LogP contribution in [0.2, 0.25) is 0 Å². The van der Waals surface area contributed by atoms with E-state index in [9.17, 15) is 14.7 Å². The van der Waals surface area contributed by atoms with Crippen LogP contribution in [-0.4, -0.2) is 26.9 Å². The number of nitrogens with zero attached hydrogens (tertiary/aromatic N) is 2. The molecule has 21 heavy (non-hydrogen) atoms. The fourth-order valence-electron chi connectivity index (χ4n) is 1.94.